The van der Waals surface area contributed by atoms with Crippen molar-refractivity contribution >= 4 is 0 Å². The molecule has 0 fully saturated rings. The van der Waals surface area contributed by atoms with Crippen LogP contribution in [-0.2, 0) is 0 Å². The smallest absolute Gasteiger partial charge is 0.0781 e. The average molecular weight is 247 g/mol. The third-order valence-electron chi connectivity index (χ3n) is 2.97. The molecule has 0 radical (unpaired) electrons. The van der Waals surface area contributed by atoms with Gasteiger partial charge >= 0.3 is 0 Å². The summed E-state index contributed by atoms with van der Waals surface area (Å²) >= 11 is 0. The number of pyridine rings is 3. The highest BCUT2D eigenvalue weighted by Gasteiger charge is 2.08. The number of aromatic nitrogens is 3. The van der Waals surface area contributed by atoms with Crippen LogP contribution in [0.2, 0.25) is 0 Å². The van der Waals surface area contributed by atoms with E-state index in [9.17, 15) is 0 Å². The van der Waals surface area contributed by atoms with Crippen LogP contribution in [0.1, 0.15) is 5.56 Å². The van der Waals surface area contributed by atoms with E-state index >= 15 is 0 Å². The van der Waals surface area contributed by atoms with Gasteiger partial charge in [0.25, 0.3) is 0 Å². The molecule has 3 nitrogen and oxygen atoms in total. The van der Waals surface area contributed by atoms with Crippen molar-refractivity contribution < 1.29 is 0 Å². The molecule has 3 heterocycles. The molecule has 0 saturated heterocycles. The summed E-state index contributed by atoms with van der Waals surface area (Å²) in [7, 11) is 0. The van der Waals surface area contributed by atoms with Crippen molar-refractivity contribution in [1.29, 1.82) is 0 Å². The topological polar surface area (TPSA) is 38.7 Å². The summed E-state index contributed by atoms with van der Waals surface area (Å²) in [5.74, 6) is 0. The number of hydrogen-bond donors (Lipinski definition) is 0. The molecule has 3 rings (SSSR count). The van der Waals surface area contributed by atoms with E-state index in [4.69, 9.17) is 0 Å². The highest BCUT2D eigenvalue weighted by Crippen LogP contribution is 2.30. The summed E-state index contributed by atoms with van der Waals surface area (Å²) in [6.45, 7) is 2.05. The highest BCUT2D eigenvalue weighted by molar-refractivity contribution is 5.80. The summed E-state index contributed by atoms with van der Waals surface area (Å²) < 4.78 is 0. The lowest BCUT2D eigenvalue weighted by atomic mass is 9.99. The molecule has 0 aliphatic rings. The van der Waals surface area contributed by atoms with Crippen LogP contribution in [0.25, 0.3) is 22.4 Å². The Kier molecular flexibility index (Phi) is 3.02. The van der Waals surface area contributed by atoms with Gasteiger partial charge in [-0.15, -0.1) is 0 Å². The van der Waals surface area contributed by atoms with E-state index in [2.05, 4.69) is 21.0 Å². The summed E-state index contributed by atoms with van der Waals surface area (Å²) in [5, 5.41) is 0. The van der Waals surface area contributed by atoms with Gasteiger partial charge in [0.1, 0.15) is 0 Å². The summed E-state index contributed by atoms with van der Waals surface area (Å²) in [6, 6.07) is 10.1. The Morgan fingerprint density at radius 3 is 2.00 bits per heavy atom. The van der Waals surface area contributed by atoms with Crippen molar-refractivity contribution in [2.75, 3.05) is 0 Å². The van der Waals surface area contributed by atoms with Gasteiger partial charge in [-0.05, 0) is 48.4 Å². The van der Waals surface area contributed by atoms with Gasteiger partial charge in [-0.2, -0.15) is 0 Å². The zero-order chi connectivity index (χ0) is 13.1. The molecule has 19 heavy (non-hydrogen) atoms. The summed E-state index contributed by atoms with van der Waals surface area (Å²) in [5.41, 5.74) is 5.43. The fourth-order valence-electron chi connectivity index (χ4n) is 2.06. The van der Waals surface area contributed by atoms with Crippen LogP contribution < -0.4 is 0 Å². The van der Waals surface area contributed by atoms with Gasteiger partial charge in [0, 0.05) is 42.1 Å². The van der Waals surface area contributed by atoms with E-state index in [1.54, 1.807) is 24.8 Å². The summed E-state index contributed by atoms with van der Waals surface area (Å²) in [4.78, 5) is 12.7. The quantitative estimate of drug-likeness (QED) is 0.695. The van der Waals surface area contributed by atoms with Gasteiger partial charge < -0.3 is 0 Å². The maximum atomic E-state index is 4.58. The van der Waals surface area contributed by atoms with Crippen molar-refractivity contribution in [3.8, 4) is 22.4 Å². The van der Waals surface area contributed by atoms with Gasteiger partial charge in [-0.25, -0.2) is 0 Å². The second kappa shape index (κ2) is 4.98. The second-order valence-electron chi connectivity index (χ2n) is 4.38. The molecule has 0 spiro atoms. The van der Waals surface area contributed by atoms with Gasteiger partial charge in [-0.1, -0.05) is 0 Å². The first kappa shape index (κ1) is 11.5. The van der Waals surface area contributed by atoms with E-state index in [1.165, 1.54) is 0 Å². The molecule has 0 aliphatic heterocycles. The Balaban J connectivity index is 2.21. The van der Waals surface area contributed by atoms with Crippen molar-refractivity contribution in [1.82, 2.24) is 15.0 Å². The Labute approximate surface area is 112 Å². The minimum Gasteiger partial charge on any atom is -0.265 e. The standard InChI is InChI=1S/C16H13N3/c1-12-10-15(13-2-6-17-7-3-13)16(19-11-12)14-4-8-18-9-5-14/h2-11H,1H3. The Bertz CT molecular complexity index is 679. The minimum absolute atomic E-state index is 0.971. The second-order valence-corrected chi connectivity index (χ2v) is 4.38. The fourth-order valence-corrected chi connectivity index (χ4v) is 2.06. The van der Waals surface area contributed by atoms with Crippen LogP contribution in [0.5, 0.6) is 0 Å². The largest absolute Gasteiger partial charge is 0.265 e. The SMILES string of the molecule is Cc1cnc(-c2ccncc2)c(-c2ccncc2)c1. The first-order valence-electron chi connectivity index (χ1n) is 6.12. The molecule has 0 bridgehead atoms. The first-order chi connectivity index (χ1) is 9.34. The monoisotopic (exact) mass is 247 g/mol. The van der Waals surface area contributed by atoms with E-state index in [-0.39, 0.29) is 0 Å². The fraction of sp³-hybridized carbons (Fsp3) is 0.0625. The number of aryl methyl sites for hydroxylation is 1. The van der Waals surface area contributed by atoms with Crippen molar-refractivity contribution in [2.45, 2.75) is 6.92 Å². The predicted octanol–water partition coefficient (Wildman–Crippen LogP) is 3.51. The molecule has 0 saturated carbocycles. The molecule has 92 valence electrons. The Morgan fingerprint density at radius 1 is 0.789 bits per heavy atom. The average Bonchev–Trinajstić information content (AvgIpc) is 2.49. The maximum Gasteiger partial charge on any atom is 0.0781 e. The molecule has 0 amide bonds. The van der Waals surface area contributed by atoms with E-state index < -0.39 is 0 Å². The van der Waals surface area contributed by atoms with E-state index in [0.717, 1.165) is 27.9 Å². The van der Waals surface area contributed by atoms with Gasteiger partial charge in [0.05, 0.1) is 5.69 Å². The third kappa shape index (κ3) is 2.36. The van der Waals surface area contributed by atoms with E-state index in [1.807, 2.05) is 37.4 Å². The summed E-state index contributed by atoms with van der Waals surface area (Å²) in [6.07, 6.45) is 9.06. The molecule has 0 atom stereocenters. The van der Waals surface area contributed by atoms with Crippen LogP contribution >= 0.6 is 0 Å². The maximum absolute atomic E-state index is 4.58. The van der Waals surface area contributed by atoms with Crippen molar-refractivity contribution in [3.63, 3.8) is 0 Å². The van der Waals surface area contributed by atoms with Crippen LogP contribution in [0.3, 0.4) is 0 Å². The lowest BCUT2D eigenvalue weighted by Crippen LogP contribution is -1.91. The van der Waals surface area contributed by atoms with Crippen LogP contribution in [-0.4, -0.2) is 15.0 Å². The molecule has 0 aromatic carbocycles. The Morgan fingerprint density at radius 2 is 1.37 bits per heavy atom. The van der Waals surface area contributed by atoms with Crippen molar-refractivity contribution in [2.24, 2.45) is 0 Å². The number of nitrogens with zero attached hydrogens (tertiary/aromatic N) is 3. The number of hydrogen-bond acceptors (Lipinski definition) is 3. The van der Waals surface area contributed by atoms with Crippen molar-refractivity contribution in [3.05, 3.63) is 66.9 Å². The third-order valence-corrected chi connectivity index (χ3v) is 2.97. The molecule has 0 unspecified atom stereocenters. The minimum atomic E-state index is 0.971. The van der Waals surface area contributed by atoms with Gasteiger partial charge in [0.2, 0.25) is 0 Å². The molecular weight excluding hydrogens is 234 g/mol. The van der Waals surface area contributed by atoms with Gasteiger partial charge in [0.15, 0.2) is 0 Å². The normalized spacial score (nSPS) is 10.4. The first-order valence-corrected chi connectivity index (χ1v) is 6.12. The van der Waals surface area contributed by atoms with Crippen LogP contribution in [0.4, 0.5) is 0 Å². The zero-order valence-electron chi connectivity index (χ0n) is 10.6. The van der Waals surface area contributed by atoms with Gasteiger partial charge in [-0.3, -0.25) is 15.0 Å². The molecule has 0 aliphatic carbocycles. The predicted molar refractivity (Wildman–Crippen MR) is 75.4 cm³/mol. The molecule has 3 aromatic rings. The lowest BCUT2D eigenvalue weighted by molar-refractivity contribution is 1.25. The van der Waals surface area contributed by atoms with Crippen LogP contribution in [0, 0.1) is 6.92 Å². The molecule has 3 heteroatoms. The molecule has 3 aromatic heterocycles. The number of rotatable bonds is 2. The van der Waals surface area contributed by atoms with E-state index in [0.29, 0.717) is 0 Å². The van der Waals surface area contributed by atoms with Crippen LogP contribution in [0.15, 0.2) is 61.3 Å². The molecular formula is C16H13N3. The Hall–Kier alpha value is -2.55. The molecule has 0 N–H and O–H groups in total. The zero-order valence-corrected chi connectivity index (χ0v) is 10.6. The highest BCUT2D eigenvalue weighted by atomic mass is 14.7. The lowest BCUT2D eigenvalue weighted by Gasteiger charge is -2.09.